The number of fused-ring (bicyclic) bond motifs is 1. The van der Waals surface area contributed by atoms with E-state index in [2.05, 4.69) is 37.4 Å². The van der Waals surface area contributed by atoms with Crippen molar-refractivity contribution in [3.05, 3.63) is 70.9 Å². The summed E-state index contributed by atoms with van der Waals surface area (Å²) in [4.78, 5) is 12.6. The highest BCUT2D eigenvalue weighted by molar-refractivity contribution is 6.03. The van der Waals surface area contributed by atoms with Crippen molar-refractivity contribution in [3.63, 3.8) is 0 Å². The molecule has 0 spiro atoms. The van der Waals surface area contributed by atoms with E-state index in [1.807, 2.05) is 35.0 Å². The van der Waals surface area contributed by atoms with Crippen LogP contribution in [0.25, 0.3) is 5.69 Å². The highest BCUT2D eigenvalue weighted by Gasteiger charge is 2.27. The number of ketones is 1. The molecule has 4 rings (SSSR count). The number of hydrogen-bond acceptors (Lipinski definition) is 3. The number of carbonyl (C=O) groups is 1. The number of nitrogens with zero attached hydrogens (tertiary/aromatic N) is 2. The molecule has 0 amide bonds. The minimum atomic E-state index is 0.176. The molecular weight excluding hydrogens is 310 g/mol. The van der Waals surface area contributed by atoms with Gasteiger partial charge in [-0.2, -0.15) is 0 Å². The average molecular weight is 331 g/mol. The summed E-state index contributed by atoms with van der Waals surface area (Å²) in [5.41, 5.74) is 6.08. The molecule has 0 aliphatic heterocycles. The molecule has 0 radical (unpaired) electrons. The maximum Gasteiger partial charge on any atom is 0.168 e. The number of aromatic nitrogens is 2. The van der Waals surface area contributed by atoms with E-state index in [1.165, 1.54) is 11.1 Å². The van der Waals surface area contributed by atoms with Gasteiger partial charge in [0.1, 0.15) is 0 Å². The summed E-state index contributed by atoms with van der Waals surface area (Å²) in [5, 5.41) is 8.13. The van der Waals surface area contributed by atoms with Crippen molar-refractivity contribution in [1.82, 2.24) is 9.78 Å². The van der Waals surface area contributed by atoms with Crippen LogP contribution in [0.1, 0.15) is 40.0 Å². The largest absolute Gasteiger partial charge is 0.338 e. The zero-order chi connectivity index (χ0) is 17.4. The van der Waals surface area contributed by atoms with Crippen molar-refractivity contribution >= 4 is 17.3 Å². The number of Topliss-reactive ketones (excluding diaryl/α,β-unsaturated/α-hetero) is 1. The second kappa shape index (κ2) is 6.20. The lowest BCUT2D eigenvalue weighted by Crippen LogP contribution is -2.13. The zero-order valence-electron chi connectivity index (χ0n) is 14.5. The van der Waals surface area contributed by atoms with Crippen molar-refractivity contribution in [2.45, 2.75) is 33.1 Å². The lowest BCUT2D eigenvalue weighted by Gasteiger charge is -2.13. The number of rotatable bonds is 3. The summed E-state index contributed by atoms with van der Waals surface area (Å²) in [7, 11) is 0. The van der Waals surface area contributed by atoms with Crippen LogP contribution in [0.4, 0.5) is 11.5 Å². The molecule has 0 saturated heterocycles. The summed E-state index contributed by atoms with van der Waals surface area (Å²) in [6, 6.07) is 16.3. The minimum Gasteiger partial charge on any atom is -0.338 e. The molecular formula is C21H21N3O. The number of hydrogen-bond donors (Lipinski definition) is 1. The molecule has 1 aromatic heterocycles. The van der Waals surface area contributed by atoms with Gasteiger partial charge in [-0.15, -0.1) is 5.10 Å². The molecule has 0 fully saturated rings. The van der Waals surface area contributed by atoms with Crippen LogP contribution in [-0.2, 0) is 6.42 Å². The fourth-order valence-corrected chi connectivity index (χ4v) is 3.57. The van der Waals surface area contributed by atoms with Gasteiger partial charge in [-0.1, -0.05) is 24.3 Å². The second-order valence-corrected chi connectivity index (χ2v) is 6.70. The van der Waals surface area contributed by atoms with Gasteiger partial charge >= 0.3 is 0 Å². The second-order valence-electron chi connectivity index (χ2n) is 6.70. The molecule has 126 valence electrons. The molecule has 2 aromatic carbocycles. The van der Waals surface area contributed by atoms with Crippen LogP contribution in [0.2, 0.25) is 0 Å². The van der Waals surface area contributed by atoms with E-state index >= 15 is 0 Å². The SMILES string of the molecule is Cc1cc(C)cc(Nc2nn(-c3ccccc3)c3c2C(=O)CCC3)c1. The zero-order valence-corrected chi connectivity index (χ0v) is 14.5. The number of nitrogens with one attached hydrogen (secondary N) is 1. The Balaban J connectivity index is 1.82. The van der Waals surface area contributed by atoms with Crippen LogP contribution in [0.5, 0.6) is 0 Å². The van der Waals surface area contributed by atoms with E-state index in [0.29, 0.717) is 12.2 Å². The first-order valence-corrected chi connectivity index (χ1v) is 8.67. The molecule has 4 nitrogen and oxygen atoms in total. The Labute approximate surface area is 147 Å². The summed E-state index contributed by atoms with van der Waals surface area (Å²) in [6.07, 6.45) is 2.35. The Morgan fingerprint density at radius 1 is 1.00 bits per heavy atom. The van der Waals surface area contributed by atoms with Crippen LogP contribution in [0, 0.1) is 13.8 Å². The number of anilines is 2. The van der Waals surface area contributed by atoms with Gasteiger partial charge in [-0.3, -0.25) is 4.79 Å². The first kappa shape index (κ1) is 15.6. The Kier molecular flexibility index (Phi) is 3.88. The summed E-state index contributed by atoms with van der Waals surface area (Å²) >= 11 is 0. The standard InChI is InChI=1S/C21H21N3O/c1-14-11-15(2)13-16(12-14)22-21-20-18(9-6-10-19(20)25)24(23-21)17-7-4-3-5-8-17/h3-5,7-8,11-13H,6,9-10H2,1-2H3,(H,22,23). The Bertz CT molecular complexity index is 921. The van der Waals surface area contributed by atoms with Gasteiger partial charge < -0.3 is 5.32 Å². The van der Waals surface area contributed by atoms with E-state index in [9.17, 15) is 4.79 Å². The highest BCUT2D eigenvalue weighted by Crippen LogP contribution is 2.32. The van der Waals surface area contributed by atoms with E-state index in [-0.39, 0.29) is 5.78 Å². The maximum absolute atomic E-state index is 12.6. The molecule has 0 bridgehead atoms. The Morgan fingerprint density at radius 2 is 1.72 bits per heavy atom. The van der Waals surface area contributed by atoms with Crippen LogP contribution in [0.3, 0.4) is 0 Å². The van der Waals surface area contributed by atoms with Crippen LogP contribution >= 0.6 is 0 Å². The van der Waals surface area contributed by atoms with Gasteiger partial charge in [0.15, 0.2) is 11.6 Å². The number of benzene rings is 2. The van der Waals surface area contributed by atoms with Crippen molar-refractivity contribution in [2.24, 2.45) is 0 Å². The lowest BCUT2D eigenvalue weighted by molar-refractivity contribution is 0.0973. The van der Waals surface area contributed by atoms with Gasteiger partial charge in [-0.25, -0.2) is 4.68 Å². The lowest BCUT2D eigenvalue weighted by atomic mass is 9.95. The van der Waals surface area contributed by atoms with E-state index in [0.717, 1.165) is 35.5 Å². The van der Waals surface area contributed by atoms with Crippen LogP contribution in [0.15, 0.2) is 48.5 Å². The number of carbonyl (C=O) groups excluding carboxylic acids is 1. The number of aryl methyl sites for hydroxylation is 2. The highest BCUT2D eigenvalue weighted by atomic mass is 16.1. The predicted molar refractivity (Wildman–Crippen MR) is 100 cm³/mol. The van der Waals surface area contributed by atoms with Gasteiger partial charge in [0.05, 0.1) is 16.9 Å². The molecule has 25 heavy (non-hydrogen) atoms. The van der Waals surface area contributed by atoms with Crippen molar-refractivity contribution in [2.75, 3.05) is 5.32 Å². The van der Waals surface area contributed by atoms with Gasteiger partial charge in [0.25, 0.3) is 0 Å². The fourth-order valence-electron chi connectivity index (χ4n) is 3.57. The molecule has 1 aliphatic rings. The molecule has 1 aliphatic carbocycles. The molecule has 0 atom stereocenters. The minimum absolute atomic E-state index is 0.176. The van der Waals surface area contributed by atoms with Gasteiger partial charge in [0.2, 0.25) is 0 Å². The summed E-state index contributed by atoms with van der Waals surface area (Å²) in [5.74, 6) is 0.837. The van der Waals surface area contributed by atoms with Crippen molar-refractivity contribution in [3.8, 4) is 5.69 Å². The quantitative estimate of drug-likeness (QED) is 0.753. The first-order valence-electron chi connectivity index (χ1n) is 8.67. The molecule has 4 heteroatoms. The predicted octanol–water partition coefficient (Wildman–Crippen LogP) is 4.75. The molecule has 0 unspecified atom stereocenters. The van der Waals surface area contributed by atoms with Crippen molar-refractivity contribution < 1.29 is 4.79 Å². The van der Waals surface area contributed by atoms with E-state index in [1.54, 1.807) is 0 Å². The fraction of sp³-hybridized carbons (Fsp3) is 0.238. The Morgan fingerprint density at radius 3 is 2.44 bits per heavy atom. The smallest absolute Gasteiger partial charge is 0.168 e. The molecule has 1 N–H and O–H groups in total. The third-order valence-electron chi connectivity index (χ3n) is 4.56. The monoisotopic (exact) mass is 331 g/mol. The van der Waals surface area contributed by atoms with Crippen LogP contribution < -0.4 is 5.32 Å². The molecule has 0 saturated carbocycles. The van der Waals surface area contributed by atoms with E-state index < -0.39 is 0 Å². The topological polar surface area (TPSA) is 46.9 Å². The maximum atomic E-state index is 12.6. The summed E-state index contributed by atoms with van der Waals surface area (Å²) in [6.45, 7) is 4.14. The number of para-hydroxylation sites is 1. The van der Waals surface area contributed by atoms with Gasteiger partial charge in [0, 0.05) is 12.1 Å². The normalized spacial score (nSPS) is 13.6. The molecule has 3 aromatic rings. The Hall–Kier alpha value is -2.88. The van der Waals surface area contributed by atoms with Gasteiger partial charge in [-0.05, 0) is 62.1 Å². The molecule has 1 heterocycles. The van der Waals surface area contributed by atoms with Crippen molar-refractivity contribution in [1.29, 1.82) is 0 Å². The van der Waals surface area contributed by atoms with Crippen LogP contribution in [-0.4, -0.2) is 15.6 Å². The summed E-state index contributed by atoms with van der Waals surface area (Å²) < 4.78 is 1.91. The third kappa shape index (κ3) is 2.95. The average Bonchev–Trinajstić information content (AvgIpc) is 2.94. The van der Waals surface area contributed by atoms with E-state index in [4.69, 9.17) is 5.10 Å². The first-order chi connectivity index (χ1) is 12.1. The third-order valence-corrected chi connectivity index (χ3v) is 4.56.